The molecule has 4 heteroatoms. The fourth-order valence-corrected chi connectivity index (χ4v) is 1.56. The molecule has 2 aromatic rings. The zero-order valence-corrected chi connectivity index (χ0v) is 8.73. The van der Waals surface area contributed by atoms with Gasteiger partial charge in [-0.05, 0) is 19.1 Å². The van der Waals surface area contributed by atoms with Gasteiger partial charge in [-0.2, -0.15) is 0 Å². The van der Waals surface area contributed by atoms with Crippen molar-refractivity contribution in [1.29, 1.82) is 0 Å². The first-order valence-electron chi connectivity index (χ1n) is 4.81. The van der Waals surface area contributed by atoms with Crippen molar-refractivity contribution in [1.82, 2.24) is 9.78 Å². The van der Waals surface area contributed by atoms with Crippen molar-refractivity contribution in [3.8, 4) is 5.88 Å². The van der Waals surface area contributed by atoms with Crippen LogP contribution in [0.1, 0.15) is 17.3 Å². The first-order chi connectivity index (χ1) is 7.26. The largest absolute Gasteiger partial charge is 0.476 e. The van der Waals surface area contributed by atoms with Crippen molar-refractivity contribution in [3.63, 3.8) is 0 Å². The summed E-state index contributed by atoms with van der Waals surface area (Å²) in [4.78, 5) is 10.6. The molecule has 1 aromatic carbocycles. The van der Waals surface area contributed by atoms with E-state index >= 15 is 0 Å². The third-order valence-corrected chi connectivity index (χ3v) is 2.26. The van der Waals surface area contributed by atoms with E-state index in [1.54, 1.807) is 16.8 Å². The maximum absolute atomic E-state index is 10.6. The van der Waals surface area contributed by atoms with Crippen LogP contribution in [0, 0.1) is 0 Å². The van der Waals surface area contributed by atoms with Gasteiger partial charge in [-0.15, -0.1) is 5.10 Å². The summed E-state index contributed by atoms with van der Waals surface area (Å²) in [5.74, 6) is 0.618. The van der Waals surface area contributed by atoms with Crippen molar-refractivity contribution in [3.05, 3.63) is 23.8 Å². The fourth-order valence-electron chi connectivity index (χ4n) is 1.56. The molecule has 0 saturated heterocycles. The average molecular weight is 204 g/mol. The van der Waals surface area contributed by atoms with Crippen LogP contribution in [-0.2, 0) is 7.05 Å². The molecule has 0 N–H and O–H groups in total. The lowest BCUT2D eigenvalue weighted by atomic mass is 10.2. The summed E-state index contributed by atoms with van der Waals surface area (Å²) in [6.45, 7) is 2.50. The van der Waals surface area contributed by atoms with Crippen molar-refractivity contribution in [2.24, 2.45) is 7.05 Å². The number of benzene rings is 1. The number of carbonyl (C=O) groups is 1. The van der Waals surface area contributed by atoms with Crippen molar-refractivity contribution in [2.45, 2.75) is 6.92 Å². The van der Waals surface area contributed by atoms with E-state index in [1.165, 1.54) is 0 Å². The highest BCUT2D eigenvalue weighted by molar-refractivity contribution is 5.90. The summed E-state index contributed by atoms with van der Waals surface area (Å²) < 4.78 is 7.11. The first kappa shape index (κ1) is 9.71. The number of hydrogen-bond donors (Lipinski definition) is 0. The van der Waals surface area contributed by atoms with E-state index in [9.17, 15) is 4.79 Å². The molecular formula is C11H12N2O2. The maximum atomic E-state index is 10.6. The Morgan fingerprint density at radius 2 is 2.33 bits per heavy atom. The second-order valence-corrected chi connectivity index (χ2v) is 3.26. The van der Waals surface area contributed by atoms with Gasteiger partial charge in [0.1, 0.15) is 6.29 Å². The molecule has 0 fully saturated rings. The third-order valence-electron chi connectivity index (χ3n) is 2.26. The van der Waals surface area contributed by atoms with Gasteiger partial charge >= 0.3 is 0 Å². The lowest BCUT2D eigenvalue weighted by molar-refractivity contribution is 0.112. The van der Waals surface area contributed by atoms with Crippen LogP contribution in [-0.4, -0.2) is 22.7 Å². The molecular weight excluding hydrogens is 192 g/mol. The Hall–Kier alpha value is -1.84. The summed E-state index contributed by atoms with van der Waals surface area (Å²) in [7, 11) is 1.83. The number of carbonyl (C=O) groups excluding carboxylic acids is 1. The third kappa shape index (κ3) is 1.58. The molecule has 78 valence electrons. The zero-order chi connectivity index (χ0) is 10.8. The Balaban J connectivity index is 2.63. The van der Waals surface area contributed by atoms with E-state index in [0.717, 1.165) is 17.2 Å². The van der Waals surface area contributed by atoms with Crippen molar-refractivity contribution in [2.75, 3.05) is 6.61 Å². The highest BCUT2D eigenvalue weighted by atomic mass is 16.5. The van der Waals surface area contributed by atoms with Crippen LogP contribution in [0.15, 0.2) is 18.2 Å². The number of ether oxygens (including phenoxy) is 1. The Morgan fingerprint density at radius 3 is 3.00 bits per heavy atom. The van der Waals surface area contributed by atoms with E-state index in [4.69, 9.17) is 4.74 Å². The van der Waals surface area contributed by atoms with Crippen LogP contribution in [0.3, 0.4) is 0 Å². The molecule has 0 radical (unpaired) electrons. The normalized spacial score (nSPS) is 10.5. The van der Waals surface area contributed by atoms with E-state index in [2.05, 4.69) is 5.10 Å². The van der Waals surface area contributed by atoms with Gasteiger partial charge < -0.3 is 4.74 Å². The lowest BCUT2D eigenvalue weighted by Gasteiger charge is -1.97. The zero-order valence-electron chi connectivity index (χ0n) is 8.73. The molecule has 0 spiro atoms. The van der Waals surface area contributed by atoms with Crippen LogP contribution in [0.25, 0.3) is 10.9 Å². The second kappa shape index (κ2) is 3.73. The van der Waals surface area contributed by atoms with Gasteiger partial charge in [-0.3, -0.25) is 9.48 Å². The van der Waals surface area contributed by atoms with Gasteiger partial charge in [0.05, 0.1) is 17.5 Å². The van der Waals surface area contributed by atoms with Gasteiger partial charge in [0, 0.05) is 12.6 Å². The molecule has 0 aliphatic rings. The Morgan fingerprint density at radius 1 is 1.53 bits per heavy atom. The van der Waals surface area contributed by atoms with Gasteiger partial charge in [0.25, 0.3) is 0 Å². The molecule has 0 atom stereocenters. The van der Waals surface area contributed by atoms with Crippen LogP contribution >= 0.6 is 0 Å². The molecule has 0 aliphatic carbocycles. The summed E-state index contributed by atoms with van der Waals surface area (Å²) in [6, 6.07) is 5.43. The topological polar surface area (TPSA) is 44.1 Å². The minimum atomic E-state index is 0.585. The predicted octanol–water partition coefficient (Wildman–Crippen LogP) is 1.78. The first-order valence-corrected chi connectivity index (χ1v) is 4.81. The quantitative estimate of drug-likeness (QED) is 0.716. The lowest BCUT2D eigenvalue weighted by Crippen LogP contribution is -1.94. The van der Waals surface area contributed by atoms with Crippen molar-refractivity contribution < 1.29 is 9.53 Å². The maximum Gasteiger partial charge on any atom is 0.240 e. The monoisotopic (exact) mass is 204 g/mol. The van der Waals surface area contributed by atoms with Gasteiger partial charge in [-0.25, -0.2) is 0 Å². The molecule has 4 nitrogen and oxygen atoms in total. The molecule has 0 unspecified atom stereocenters. The number of hydrogen-bond acceptors (Lipinski definition) is 3. The number of aldehydes is 1. The smallest absolute Gasteiger partial charge is 0.240 e. The minimum Gasteiger partial charge on any atom is -0.476 e. The van der Waals surface area contributed by atoms with E-state index in [-0.39, 0.29) is 0 Å². The molecule has 1 aromatic heterocycles. The Kier molecular flexibility index (Phi) is 2.41. The summed E-state index contributed by atoms with van der Waals surface area (Å²) in [6.07, 6.45) is 0.826. The Labute approximate surface area is 87.5 Å². The molecule has 0 bridgehead atoms. The number of fused-ring (bicyclic) bond motifs is 1. The van der Waals surface area contributed by atoms with Crippen LogP contribution < -0.4 is 4.74 Å². The van der Waals surface area contributed by atoms with E-state index in [1.807, 2.05) is 20.0 Å². The van der Waals surface area contributed by atoms with Crippen molar-refractivity contribution >= 4 is 17.2 Å². The van der Waals surface area contributed by atoms with Gasteiger partial charge in [-0.1, -0.05) is 6.07 Å². The number of aromatic nitrogens is 2. The van der Waals surface area contributed by atoms with Gasteiger partial charge in [0.2, 0.25) is 5.88 Å². The van der Waals surface area contributed by atoms with E-state index in [0.29, 0.717) is 18.1 Å². The SMILES string of the molecule is CCOc1nn(C)c2cc(C=O)ccc12. The molecule has 0 saturated carbocycles. The molecule has 0 amide bonds. The predicted molar refractivity (Wildman–Crippen MR) is 57.3 cm³/mol. The van der Waals surface area contributed by atoms with Crippen LogP contribution in [0.2, 0.25) is 0 Å². The van der Waals surface area contributed by atoms with Crippen LogP contribution in [0.4, 0.5) is 0 Å². The van der Waals surface area contributed by atoms with E-state index < -0.39 is 0 Å². The highest BCUT2D eigenvalue weighted by Crippen LogP contribution is 2.24. The standard InChI is InChI=1S/C11H12N2O2/c1-3-15-11-9-5-4-8(7-14)6-10(9)13(2)12-11/h4-7H,3H2,1-2H3. The van der Waals surface area contributed by atoms with Gasteiger partial charge in [0.15, 0.2) is 0 Å². The average Bonchev–Trinajstić information content (AvgIpc) is 2.56. The minimum absolute atomic E-state index is 0.585. The van der Waals surface area contributed by atoms with Crippen LogP contribution in [0.5, 0.6) is 5.88 Å². The number of aryl methyl sites for hydroxylation is 1. The summed E-state index contributed by atoms with van der Waals surface area (Å²) >= 11 is 0. The molecule has 2 rings (SSSR count). The Bertz CT molecular complexity index is 503. The number of nitrogens with zero attached hydrogens (tertiary/aromatic N) is 2. The highest BCUT2D eigenvalue weighted by Gasteiger charge is 2.09. The summed E-state index contributed by atoms with van der Waals surface area (Å²) in [5, 5.41) is 5.17. The number of rotatable bonds is 3. The molecule has 1 heterocycles. The molecule has 15 heavy (non-hydrogen) atoms. The summed E-state index contributed by atoms with van der Waals surface area (Å²) in [5.41, 5.74) is 1.55. The molecule has 0 aliphatic heterocycles. The fraction of sp³-hybridized carbons (Fsp3) is 0.273. The second-order valence-electron chi connectivity index (χ2n) is 3.26.